The molecule has 26 heavy (non-hydrogen) atoms. The van der Waals surface area contributed by atoms with E-state index in [9.17, 15) is 22.8 Å². The first-order valence-electron chi connectivity index (χ1n) is 7.42. The first-order chi connectivity index (χ1) is 12.2. The van der Waals surface area contributed by atoms with Gasteiger partial charge < -0.3 is 10.1 Å². The topological polar surface area (TPSA) is 68.3 Å². The van der Waals surface area contributed by atoms with Gasteiger partial charge in [-0.05, 0) is 42.8 Å². The summed E-state index contributed by atoms with van der Waals surface area (Å²) in [4.78, 5) is 27.9. The van der Waals surface area contributed by atoms with Gasteiger partial charge in [0.05, 0.1) is 12.7 Å². The fourth-order valence-electron chi connectivity index (χ4n) is 2.07. The van der Waals surface area contributed by atoms with Gasteiger partial charge in [-0.15, -0.1) is 0 Å². The summed E-state index contributed by atoms with van der Waals surface area (Å²) in [5.41, 5.74) is -0.0234. The highest BCUT2D eigenvalue weighted by atomic mass is 19.4. The van der Waals surface area contributed by atoms with Gasteiger partial charge >= 0.3 is 12.1 Å². The van der Waals surface area contributed by atoms with Crippen molar-refractivity contribution in [3.8, 4) is 0 Å². The van der Waals surface area contributed by atoms with Crippen LogP contribution in [-0.4, -0.2) is 24.0 Å². The zero-order valence-corrected chi connectivity index (χ0v) is 13.9. The summed E-state index contributed by atoms with van der Waals surface area (Å²) in [7, 11) is 1.21. The number of benzene rings is 1. The van der Waals surface area contributed by atoms with Gasteiger partial charge in [0.15, 0.2) is 0 Å². The molecule has 5 nitrogen and oxygen atoms in total. The molecular weight excluding hydrogens is 349 g/mol. The molecule has 8 heteroatoms. The number of pyridine rings is 1. The number of nitrogens with zero attached hydrogens (tertiary/aromatic N) is 1. The van der Waals surface area contributed by atoms with Crippen molar-refractivity contribution in [3.63, 3.8) is 0 Å². The number of carbonyl (C=O) groups is 2. The molecule has 1 aromatic carbocycles. The Hall–Kier alpha value is -3.16. The van der Waals surface area contributed by atoms with Gasteiger partial charge in [0.2, 0.25) is 0 Å². The molecule has 136 valence electrons. The molecule has 1 aromatic heterocycles. The van der Waals surface area contributed by atoms with Crippen LogP contribution >= 0.6 is 0 Å². The molecule has 0 saturated heterocycles. The molecule has 2 rings (SSSR count). The molecule has 0 saturated carbocycles. The normalized spacial score (nSPS) is 11.8. The lowest BCUT2D eigenvalue weighted by Gasteiger charge is -2.09. The third kappa shape index (κ3) is 4.69. The quantitative estimate of drug-likeness (QED) is 0.659. The van der Waals surface area contributed by atoms with Crippen LogP contribution in [0.3, 0.4) is 0 Å². The van der Waals surface area contributed by atoms with Gasteiger partial charge in [0.1, 0.15) is 11.4 Å². The molecule has 0 aliphatic rings. The number of carbonyl (C=O) groups excluding carboxylic acids is 2. The average molecular weight is 364 g/mol. The van der Waals surface area contributed by atoms with Gasteiger partial charge in [-0.3, -0.25) is 4.79 Å². The molecule has 0 atom stereocenters. The molecule has 1 amide bonds. The number of methoxy groups -OCH3 is 1. The molecule has 0 radical (unpaired) electrons. The Morgan fingerprint density at radius 3 is 2.38 bits per heavy atom. The van der Waals surface area contributed by atoms with Crippen LogP contribution in [0.1, 0.15) is 28.4 Å². The SMILES string of the molecule is COC(=O)c1cccnc1NC(=O)/C(C)=C/c1ccc(C(F)(F)F)cc1. The number of anilines is 1. The number of esters is 1. The summed E-state index contributed by atoms with van der Waals surface area (Å²) < 4.78 is 42.3. The van der Waals surface area contributed by atoms with E-state index < -0.39 is 23.6 Å². The number of halogens is 3. The number of hydrogen-bond donors (Lipinski definition) is 1. The number of nitrogens with one attached hydrogen (secondary N) is 1. The highest BCUT2D eigenvalue weighted by molar-refractivity contribution is 6.08. The van der Waals surface area contributed by atoms with Crippen LogP contribution in [0.2, 0.25) is 0 Å². The minimum atomic E-state index is -4.42. The third-order valence-corrected chi connectivity index (χ3v) is 3.42. The second-order valence-corrected chi connectivity index (χ2v) is 5.29. The standard InChI is InChI=1S/C18H15F3N2O3/c1-11(10-12-5-7-13(8-6-12)18(19,20)21)16(24)23-15-14(17(25)26-2)4-3-9-22-15/h3-10H,1-2H3,(H,22,23,24)/b11-10+. The maximum absolute atomic E-state index is 12.6. The van der Waals surface area contributed by atoms with E-state index in [-0.39, 0.29) is 17.0 Å². The van der Waals surface area contributed by atoms with Crippen LogP contribution in [-0.2, 0) is 15.7 Å². The Morgan fingerprint density at radius 2 is 1.81 bits per heavy atom. The number of rotatable bonds is 4. The van der Waals surface area contributed by atoms with Gasteiger partial charge in [0, 0.05) is 11.8 Å². The highest BCUT2D eigenvalue weighted by Crippen LogP contribution is 2.29. The minimum absolute atomic E-state index is 0.0320. The Balaban J connectivity index is 2.18. The highest BCUT2D eigenvalue weighted by Gasteiger charge is 2.29. The van der Waals surface area contributed by atoms with Crippen molar-refractivity contribution in [1.82, 2.24) is 4.98 Å². The molecular formula is C18H15F3N2O3. The predicted molar refractivity (Wildman–Crippen MR) is 89.3 cm³/mol. The van der Waals surface area contributed by atoms with Gasteiger partial charge in [-0.2, -0.15) is 13.2 Å². The van der Waals surface area contributed by atoms with E-state index >= 15 is 0 Å². The zero-order chi connectivity index (χ0) is 19.3. The monoisotopic (exact) mass is 364 g/mol. The van der Waals surface area contributed by atoms with Crippen LogP contribution in [0.4, 0.5) is 19.0 Å². The lowest BCUT2D eigenvalue weighted by atomic mass is 10.1. The van der Waals surface area contributed by atoms with Crippen LogP contribution in [0.15, 0.2) is 48.2 Å². The fourth-order valence-corrected chi connectivity index (χ4v) is 2.07. The van der Waals surface area contributed by atoms with E-state index in [1.165, 1.54) is 50.6 Å². The van der Waals surface area contributed by atoms with Crippen molar-refractivity contribution >= 4 is 23.8 Å². The number of alkyl halides is 3. The summed E-state index contributed by atoms with van der Waals surface area (Å²) >= 11 is 0. The lowest BCUT2D eigenvalue weighted by molar-refractivity contribution is -0.137. The molecule has 0 spiro atoms. The van der Waals surface area contributed by atoms with Crippen molar-refractivity contribution in [1.29, 1.82) is 0 Å². The van der Waals surface area contributed by atoms with Crippen LogP contribution < -0.4 is 5.32 Å². The Bertz CT molecular complexity index is 844. The molecule has 0 aliphatic carbocycles. The van der Waals surface area contributed by atoms with E-state index in [4.69, 9.17) is 0 Å². The second kappa shape index (κ2) is 7.81. The Labute approximate surface area is 147 Å². The summed E-state index contributed by atoms with van der Waals surface area (Å²) in [5.74, 6) is -1.17. The largest absolute Gasteiger partial charge is 0.465 e. The first kappa shape index (κ1) is 19.2. The lowest BCUT2D eigenvalue weighted by Crippen LogP contribution is -2.17. The van der Waals surface area contributed by atoms with E-state index in [0.29, 0.717) is 5.56 Å². The van der Waals surface area contributed by atoms with Crippen molar-refractivity contribution in [2.75, 3.05) is 12.4 Å². The smallest absolute Gasteiger partial charge is 0.416 e. The Morgan fingerprint density at radius 1 is 1.15 bits per heavy atom. The molecule has 1 N–H and O–H groups in total. The maximum Gasteiger partial charge on any atom is 0.416 e. The number of amides is 1. The van der Waals surface area contributed by atoms with E-state index in [2.05, 4.69) is 15.0 Å². The summed E-state index contributed by atoms with van der Waals surface area (Å²) in [6, 6.07) is 7.37. The average Bonchev–Trinajstić information content (AvgIpc) is 2.61. The molecule has 0 aliphatic heterocycles. The molecule has 0 bridgehead atoms. The molecule has 0 unspecified atom stereocenters. The van der Waals surface area contributed by atoms with Crippen LogP contribution in [0, 0.1) is 0 Å². The van der Waals surface area contributed by atoms with Gasteiger partial charge in [0.25, 0.3) is 5.91 Å². The first-order valence-corrected chi connectivity index (χ1v) is 7.42. The Kier molecular flexibility index (Phi) is 5.76. The van der Waals surface area contributed by atoms with Gasteiger partial charge in [-0.25, -0.2) is 9.78 Å². The second-order valence-electron chi connectivity index (χ2n) is 5.29. The van der Waals surface area contributed by atoms with E-state index in [0.717, 1.165) is 12.1 Å². The van der Waals surface area contributed by atoms with Crippen LogP contribution in [0.5, 0.6) is 0 Å². The molecule has 2 aromatic rings. The van der Waals surface area contributed by atoms with E-state index in [1.807, 2.05) is 0 Å². The fraction of sp³-hybridized carbons (Fsp3) is 0.167. The van der Waals surface area contributed by atoms with Gasteiger partial charge in [-0.1, -0.05) is 12.1 Å². The predicted octanol–water partition coefficient (Wildman–Crippen LogP) is 3.93. The summed E-state index contributed by atoms with van der Waals surface area (Å²) in [5, 5.41) is 2.48. The van der Waals surface area contributed by atoms with Crippen molar-refractivity contribution in [3.05, 3.63) is 64.9 Å². The third-order valence-electron chi connectivity index (χ3n) is 3.42. The number of ether oxygens (including phenoxy) is 1. The number of hydrogen-bond acceptors (Lipinski definition) is 4. The van der Waals surface area contributed by atoms with Crippen molar-refractivity contribution in [2.24, 2.45) is 0 Å². The van der Waals surface area contributed by atoms with Crippen molar-refractivity contribution < 1.29 is 27.5 Å². The maximum atomic E-state index is 12.6. The summed E-state index contributed by atoms with van der Waals surface area (Å²) in [6.07, 6.45) is -1.59. The van der Waals surface area contributed by atoms with E-state index in [1.54, 1.807) is 0 Å². The van der Waals surface area contributed by atoms with Crippen molar-refractivity contribution in [2.45, 2.75) is 13.1 Å². The minimum Gasteiger partial charge on any atom is -0.465 e. The number of aromatic nitrogens is 1. The van der Waals surface area contributed by atoms with Crippen LogP contribution in [0.25, 0.3) is 6.08 Å². The zero-order valence-electron chi connectivity index (χ0n) is 13.9. The summed E-state index contributed by atoms with van der Waals surface area (Å²) in [6.45, 7) is 1.49. The molecule has 1 heterocycles. The molecule has 0 fully saturated rings.